The number of halogens is 1. The molecule has 0 saturated carbocycles. The molecule has 2 aromatic rings. The minimum Gasteiger partial charge on any atom is -0.164 e. The number of benzene rings is 1. The number of aryl methyl sites for hydroxylation is 1. The van der Waals surface area contributed by atoms with E-state index in [4.69, 9.17) is 11.6 Å². The molecule has 0 radical (unpaired) electrons. The lowest BCUT2D eigenvalue weighted by Gasteiger charge is -1.96. The van der Waals surface area contributed by atoms with Crippen LogP contribution in [-0.4, -0.2) is 20.2 Å². The molecular formula is C10H11ClN4. The average molecular weight is 223 g/mol. The van der Waals surface area contributed by atoms with Gasteiger partial charge in [-0.05, 0) is 17.7 Å². The summed E-state index contributed by atoms with van der Waals surface area (Å²) in [5.41, 5.74) is 2.05. The van der Waals surface area contributed by atoms with Crippen molar-refractivity contribution in [1.82, 2.24) is 20.2 Å². The van der Waals surface area contributed by atoms with Crippen LogP contribution in [0, 0.1) is 0 Å². The van der Waals surface area contributed by atoms with Crippen LogP contribution in [0.1, 0.15) is 12.5 Å². The van der Waals surface area contributed by atoms with Crippen molar-refractivity contribution in [1.29, 1.82) is 0 Å². The van der Waals surface area contributed by atoms with Gasteiger partial charge in [-0.25, -0.2) is 0 Å². The fourth-order valence-corrected chi connectivity index (χ4v) is 1.41. The summed E-state index contributed by atoms with van der Waals surface area (Å²) >= 11 is 5.70. The summed E-state index contributed by atoms with van der Waals surface area (Å²) in [6.07, 6.45) is 0. The van der Waals surface area contributed by atoms with E-state index in [0.29, 0.717) is 11.7 Å². The molecule has 0 unspecified atom stereocenters. The summed E-state index contributed by atoms with van der Waals surface area (Å²) in [7, 11) is 0. The first-order valence-corrected chi connectivity index (χ1v) is 5.30. The van der Waals surface area contributed by atoms with E-state index in [-0.39, 0.29) is 0 Å². The molecule has 0 spiro atoms. The molecule has 1 aromatic heterocycles. The molecule has 0 aliphatic rings. The molecular weight excluding hydrogens is 212 g/mol. The second-order valence-corrected chi connectivity index (χ2v) is 3.40. The fraction of sp³-hybridized carbons (Fsp3) is 0.300. The molecule has 0 atom stereocenters. The highest BCUT2D eigenvalue weighted by molar-refractivity contribution is 6.17. The first kappa shape index (κ1) is 10.1. The summed E-state index contributed by atoms with van der Waals surface area (Å²) in [5.74, 6) is 1.17. The van der Waals surface area contributed by atoms with Crippen LogP contribution in [0.2, 0.25) is 0 Å². The molecule has 2 rings (SSSR count). The van der Waals surface area contributed by atoms with Gasteiger partial charge in [-0.3, -0.25) is 0 Å². The van der Waals surface area contributed by atoms with Gasteiger partial charge >= 0.3 is 0 Å². The van der Waals surface area contributed by atoms with Gasteiger partial charge in [-0.2, -0.15) is 4.80 Å². The highest BCUT2D eigenvalue weighted by Crippen LogP contribution is 2.15. The highest BCUT2D eigenvalue weighted by atomic mass is 35.5. The minimum atomic E-state index is 0.523. The van der Waals surface area contributed by atoms with E-state index in [2.05, 4.69) is 15.4 Å². The van der Waals surface area contributed by atoms with E-state index in [9.17, 15) is 0 Å². The molecule has 0 saturated heterocycles. The standard InChI is InChI=1S/C10H11ClN4/c1-2-15-13-10(12-14-15)9-5-3-8(7-11)4-6-9/h3-6H,2,7H2,1H3. The largest absolute Gasteiger partial charge is 0.204 e. The molecule has 4 nitrogen and oxygen atoms in total. The maximum Gasteiger partial charge on any atom is 0.204 e. The number of nitrogens with zero attached hydrogens (tertiary/aromatic N) is 4. The van der Waals surface area contributed by atoms with Gasteiger partial charge in [-0.15, -0.1) is 21.8 Å². The molecule has 0 aliphatic carbocycles. The van der Waals surface area contributed by atoms with Crippen molar-refractivity contribution in [2.45, 2.75) is 19.3 Å². The van der Waals surface area contributed by atoms with Gasteiger partial charge in [0.05, 0.1) is 6.54 Å². The summed E-state index contributed by atoms with van der Waals surface area (Å²) in [4.78, 5) is 1.56. The van der Waals surface area contributed by atoms with Gasteiger partial charge in [0, 0.05) is 11.4 Å². The monoisotopic (exact) mass is 222 g/mol. The Labute approximate surface area is 92.9 Å². The SMILES string of the molecule is CCn1nnc(-c2ccc(CCl)cc2)n1. The van der Waals surface area contributed by atoms with Crippen molar-refractivity contribution >= 4 is 11.6 Å². The van der Waals surface area contributed by atoms with Gasteiger partial charge in [0.1, 0.15) is 0 Å². The number of hydrogen-bond acceptors (Lipinski definition) is 3. The summed E-state index contributed by atoms with van der Waals surface area (Å²) in [5, 5.41) is 12.1. The van der Waals surface area contributed by atoms with Crippen molar-refractivity contribution in [2.75, 3.05) is 0 Å². The number of hydrogen-bond donors (Lipinski definition) is 0. The number of aromatic nitrogens is 4. The number of tetrazole rings is 1. The van der Waals surface area contributed by atoms with E-state index in [1.165, 1.54) is 0 Å². The molecule has 0 N–H and O–H groups in total. The molecule has 5 heteroatoms. The van der Waals surface area contributed by atoms with Crippen LogP contribution in [-0.2, 0) is 12.4 Å². The van der Waals surface area contributed by atoms with E-state index >= 15 is 0 Å². The van der Waals surface area contributed by atoms with Gasteiger partial charge in [0.2, 0.25) is 5.82 Å². The van der Waals surface area contributed by atoms with Crippen LogP contribution in [0.15, 0.2) is 24.3 Å². The number of alkyl halides is 1. The Morgan fingerprint density at radius 3 is 2.53 bits per heavy atom. The van der Waals surface area contributed by atoms with Gasteiger partial charge in [-0.1, -0.05) is 24.3 Å². The van der Waals surface area contributed by atoms with Gasteiger partial charge in [0.15, 0.2) is 0 Å². The van der Waals surface area contributed by atoms with Crippen molar-refractivity contribution < 1.29 is 0 Å². The Bertz CT molecular complexity index is 435. The lowest BCUT2D eigenvalue weighted by atomic mass is 10.1. The van der Waals surface area contributed by atoms with Crippen molar-refractivity contribution in [2.24, 2.45) is 0 Å². The van der Waals surface area contributed by atoms with E-state index in [0.717, 1.165) is 17.7 Å². The predicted octanol–water partition coefficient (Wildman–Crippen LogP) is 2.10. The highest BCUT2D eigenvalue weighted by Gasteiger charge is 2.04. The van der Waals surface area contributed by atoms with Crippen LogP contribution >= 0.6 is 11.6 Å². The third-order valence-corrected chi connectivity index (χ3v) is 2.41. The Hall–Kier alpha value is -1.42. The summed E-state index contributed by atoms with van der Waals surface area (Å²) in [6.45, 7) is 2.70. The maximum atomic E-state index is 5.70. The Kier molecular flexibility index (Phi) is 2.97. The third kappa shape index (κ3) is 2.15. The first-order chi connectivity index (χ1) is 7.33. The second-order valence-electron chi connectivity index (χ2n) is 3.13. The summed E-state index contributed by atoms with van der Waals surface area (Å²) in [6, 6.07) is 7.84. The molecule has 15 heavy (non-hydrogen) atoms. The smallest absolute Gasteiger partial charge is 0.164 e. The normalized spacial score (nSPS) is 10.5. The zero-order valence-electron chi connectivity index (χ0n) is 8.39. The van der Waals surface area contributed by atoms with Crippen LogP contribution in [0.4, 0.5) is 0 Å². The second kappa shape index (κ2) is 4.40. The molecule has 1 heterocycles. The van der Waals surface area contributed by atoms with Crippen LogP contribution in [0.25, 0.3) is 11.4 Å². The Morgan fingerprint density at radius 2 is 2.00 bits per heavy atom. The topological polar surface area (TPSA) is 43.6 Å². The average Bonchev–Trinajstić information content (AvgIpc) is 2.78. The van der Waals surface area contributed by atoms with Crippen molar-refractivity contribution in [3.63, 3.8) is 0 Å². The van der Waals surface area contributed by atoms with E-state index in [1.807, 2.05) is 31.2 Å². The van der Waals surface area contributed by atoms with Crippen molar-refractivity contribution in [3.8, 4) is 11.4 Å². The Morgan fingerprint density at radius 1 is 1.27 bits per heavy atom. The molecule has 0 bridgehead atoms. The minimum absolute atomic E-state index is 0.523. The number of rotatable bonds is 3. The van der Waals surface area contributed by atoms with E-state index in [1.54, 1.807) is 4.80 Å². The van der Waals surface area contributed by atoms with Crippen LogP contribution < -0.4 is 0 Å². The quantitative estimate of drug-likeness (QED) is 0.747. The lowest BCUT2D eigenvalue weighted by Crippen LogP contribution is -1.98. The maximum absolute atomic E-state index is 5.70. The zero-order chi connectivity index (χ0) is 10.7. The lowest BCUT2D eigenvalue weighted by molar-refractivity contribution is 0.553. The van der Waals surface area contributed by atoms with Crippen LogP contribution in [0.5, 0.6) is 0 Å². The van der Waals surface area contributed by atoms with Crippen molar-refractivity contribution in [3.05, 3.63) is 29.8 Å². The molecule has 0 amide bonds. The van der Waals surface area contributed by atoms with Gasteiger partial charge in [0.25, 0.3) is 0 Å². The first-order valence-electron chi connectivity index (χ1n) is 4.76. The molecule has 78 valence electrons. The van der Waals surface area contributed by atoms with Gasteiger partial charge < -0.3 is 0 Å². The molecule has 1 aromatic carbocycles. The predicted molar refractivity (Wildman–Crippen MR) is 58.5 cm³/mol. The zero-order valence-corrected chi connectivity index (χ0v) is 9.15. The fourth-order valence-electron chi connectivity index (χ4n) is 1.24. The summed E-state index contributed by atoms with van der Waals surface area (Å²) < 4.78 is 0. The Balaban J connectivity index is 2.28. The molecule has 0 fully saturated rings. The molecule has 0 aliphatic heterocycles. The van der Waals surface area contributed by atoms with E-state index < -0.39 is 0 Å². The third-order valence-electron chi connectivity index (χ3n) is 2.10. The van der Waals surface area contributed by atoms with Crippen LogP contribution in [0.3, 0.4) is 0 Å².